The minimum Gasteiger partial charge on any atom is -0.481 e. The van der Waals surface area contributed by atoms with E-state index in [-0.39, 0.29) is 12.8 Å². The number of imide groups is 1. The number of nitrogens with one attached hydrogen (secondary N) is 2. The van der Waals surface area contributed by atoms with Crippen LogP contribution in [0.4, 0.5) is 4.79 Å². The molecule has 0 aliphatic rings. The molecular formula is C11H16N4O4. The molecule has 0 spiro atoms. The first-order chi connectivity index (χ1) is 8.97. The van der Waals surface area contributed by atoms with Crippen molar-refractivity contribution in [2.24, 2.45) is 7.05 Å². The fourth-order valence-corrected chi connectivity index (χ4v) is 1.38. The van der Waals surface area contributed by atoms with E-state index in [2.05, 4.69) is 15.7 Å². The molecule has 19 heavy (non-hydrogen) atoms. The molecule has 0 saturated carbocycles. The van der Waals surface area contributed by atoms with Crippen molar-refractivity contribution in [2.45, 2.75) is 19.3 Å². The van der Waals surface area contributed by atoms with Gasteiger partial charge in [-0.1, -0.05) is 0 Å². The van der Waals surface area contributed by atoms with Gasteiger partial charge in [-0.25, -0.2) is 4.79 Å². The van der Waals surface area contributed by atoms with Crippen LogP contribution in [-0.4, -0.2) is 39.3 Å². The van der Waals surface area contributed by atoms with E-state index in [0.717, 1.165) is 5.56 Å². The number of carboxylic acid groups (broad SMARTS) is 1. The van der Waals surface area contributed by atoms with E-state index in [1.54, 1.807) is 17.9 Å². The van der Waals surface area contributed by atoms with Gasteiger partial charge in [0.15, 0.2) is 0 Å². The molecule has 1 aromatic rings. The van der Waals surface area contributed by atoms with Crippen LogP contribution in [0.1, 0.15) is 18.4 Å². The van der Waals surface area contributed by atoms with Gasteiger partial charge in [-0.15, -0.1) is 0 Å². The van der Waals surface area contributed by atoms with Gasteiger partial charge in [0.05, 0.1) is 12.6 Å². The second kappa shape index (κ2) is 7.14. The Morgan fingerprint density at radius 1 is 1.37 bits per heavy atom. The third-order valence-electron chi connectivity index (χ3n) is 2.28. The van der Waals surface area contributed by atoms with Crippen molar-refractivity contribution in [2.75, 3.05) is 6.54 Å². The molecule has 0 aliphatic heterocycles. The maximum Gasteiger partial charge on any atom is 0.321 e. The predicted octanol–water partition coefficient (Wildman–Crippen LogP) is -0.347. The first-order valence-corrected chi connectivity index (χ1v) is 5.74. The first-order valence-electron chi connectivity index (χ1n) is 5.74. The second-order valence-corrected chi connectivity index (χ2v) is 3.97. The van der Waals surface area contributed by atoms with Gasteiger partial charge in [0.2, 0.25) is 5.91 Å². The van der Waals surface area contributed by atoms with Gasteiger partial charge >= 0.3 is 12.0 Å². The quantitative estimate of drug-likeness (QED) is 0.652. The van der Waals surface area contributed by atoms with Crippen molar-refractivity contribution in [3.05, 3.63) is 18.0 Å². The van der Waals surface area contributed by atoms with E-state index in [1.165, 1.54) is 0 Å². The zero-order chi connectivity index (χ0) is 14.3. The monoisotopic (exact) mass is 268 g/mol. The molecule has 104 valence electrons. The van der Waals surface area contributed by atoms with Crippen LogP contribution in [0, 0.1) is 0 Å². The lowest BCUT2D eigenvalue weighted by Gasteiger charge is -2.05. The average molecular weight is 268 g/mol. The lowest BCUT2D eigenvalue weighted by molar-refractivity contribution is -0.138. The summed E-state index contributed by atoms with van der Waals surface area (Å²) in [4.78, 5) is 32.7. The van der Waals surface area contributed by atoms with Crippen LogP contribution in [0.25, 0.3) is 0 Å². The van der Waals surface area contributed by atoms with Gasteiger partial charge < -0.3 is 10.4 Å². The summed E-state index contributed by atoms with van der Waals surface area (Å²) in [6.45, 7) is 0.365. The van der Waals surface area contributed by atoms with Crippen LogP contribution in [0.2, 0.25) is 0 Å². The SMILES string of the molecule is Cn1cc(CCNC(=O)NC(=O)CCC(=O)O)cn1. The fourth-order valence-electron chi connectivity index (χ4n) is 1.38. The summed E-state index contributed by atoms with van der Waals surface area (Å²) in [6.07, 6.45) is 3.61. The second-order valence-electron chi connectivity index (χ2n) is 3.97. The maximum absolute atomic E-state index is 11.3. The number of carbonyl (C=O) groups is 3. The zero-order valence-corrected chi connectivity index (χ0v) is 10.5. The molecule has 0 aromatic carbocycles. The van der Waals surface area contributed by atoms with Crippen molar-refractivity contribution in [1.82, 2.24) is 20.4 Å². The van der Waals surface area contributed by atoms with Gasteiger partial charge in [0, 0.05) is 26.2 Å². The predicted molar refractivity (Wildman–Crippen MR) is 65.3 cm³/mol. The minimum atomic E-state index is -1.08. The highest BCUT2D eigenvalue weighted by Crippen LogP contribution is 1.95. The molecule has 0 radical (unpaired) electrons. The Kier molecular flexibility index (Phi) is 5.52. The summed E-state index contributed by atoms with van der Waals surface area (Å²) in [5.41, 5.74) is 0.972. The fraction of sp³-hybridized carbons (Fsp3) is 0.455. The highest BCUT2D eigenvalue weighted by Gasteiger charge is 2.09. The van der Waals surface area contributed by atoms with Crippen LogP contribution in [0.3, 0.4) is 0 Å². The van der Waals surface area contributed by atoms with E-state index in [0.29, 0.717) is 13.0 Å². The molecule has 0 fully saturated rings. The molecule has 0 saturated heterocycles. The third kappa shape index (κ3) is 6.20. The number of amides is 3. The minimum absolute atomic E-state index is 0.217. The smallest absolute Gasteiger partial charge is 0.321 e. The van der Waals surface area contributed by atoms with E-state index in [4.69, 9.17) is 5.11 Å². The largest absolute Gasteiger partial charge is 0.481 e. The average Bonchev–Trinajstić information content (AvgIpc) is 2.72. The molecule has 3 amide bonds. The number of carbonyl (C=O) groups excluding carboxylic acids is 2. The molecule has 1 aromatic heterocycles. The highest BCUT2D eigenvalue weighted by atomic mass is 16.4. The normalized spacial score (nSPS) is 9.95. The lowest BCUT2D eigenvalue weighted by Crippen LogP contribution is -2.40. The van der Waals surface area contributed by atoms with Crippen LogP contribution >= 0.6 is 0 Å². The van der Waals surface area contributed by atoms with Gasteiger partial charge in [-0.3, -0.25) is 19.6 Å². The Bertz CT molecular complexity index is 469. The zero-order valence-electron chi connectivity index (χ0n) is 10.5. The Balaban J connectivity index is 2.17. The molecular weight excluding hydrogens is 252 g/mol. The van der Waals surface area contributed by atoms with Crippen molar-refractivity contribution in [1.29, 1.82) is 0 Å². The Morgan fingerprint density at radius 3 is 2.68 bits per heavy atom. The highest BCUT2D eigenvalue weighted by molar-refractivity contribution is 5.95. The van der Waals surface area contributed by atoms with Crippen LogP contribution < -0.4 is 10.6 Å². The maximum atomic E-state index is 11.3. The third-order valence-corrected chi connectivity index (χ3v) is 2.28. The van der Waals surface area contributed by atoms with E-state index < -0.39 is 17.9 Å². The summed E-state index contributed by atoms with van der Waals surface area (Å²) in [7, 11) is 1.80. The number of carboxylic acids is 1. The summed E-state index contributed by atoms with van der Waals surface area (Å²) in [5.74, 6) is -1.69. The number of hydrogen-bond donors (Lipinski definition) is 3. The van der Waals surface area contributed by atoms with Gasteiger partial charge in [-0.2, -0.15) is 5.10 Å². The number of aryl methyl sites for hydroxylation is 1. The summed E-state index contributed by atoms with van der Waals surface area (Å²) in [6, 6.07) is -0.626. The first kappa shape index (κ1) is 14.7. The Hall–Kier alpha value is -2.38. The number of rotatable bonds is 6. The van der Waals surface area contributed by atoms with E-state index in [1.807, 2.05) is 6.20 Å². The van der Waals surface area contributed by atoms with Crippen molar-refractivity contribution < 1.29 is 19.5 Å². The molecule has 0 aliphatic carbocycles. The summed E-state index contributed by atoms with van der Waals surface area (Å²) >= 11 is 0. The van der Waals surface area contributed by atoms with Crippen LogP contribution in [0.5, 0.6) is 0 Å². The molecule has 1 heterocycles. The van der Waals surface area contributed by atoms with Crippen molar-refractivity contribution in [3.8, 4) is 0 Å². The van der Waals surface area contributed by atoms with E-state index >= 15 is 0 Å². The summed E-state index contributed by atoms with van der Waals surface area (Å²) in [5, 5.41) is 16.9. The Morgan fingerprint density at radius 2 is 2.11 bits per heavy atom. The van der Waals surface area contributed by atoms with Crippen LogP contribution in [-0.2, 0) is 23.1 Å². The lowest BCUT2D eigenvalue weighted by atomic mass is 10.2. The molecule has 1 rings (SSSR count). The van der Waals surface area contributed by atoms with Gasteiger partial charge in [-0.05, 0) is 12.0 Å². The number of aromatic nitrogens is 2. The summed E-state index contributed by atoms with van der Waals surface area (Å²) < 4.78 is 1.66. The number of urea groups is 1. The molecule has 3 N–H and O–H groups in total. The van der Waals surface area contributed by atoms with E-state index in [9.17, 15) is 14.4 Å². The number of aliphatic carboxylic acids is 1. The van der Waals surface area contributed by atoms with Crippen molar-refractivity contribution in [3.63, 3.8) is 0 Å². The Labute approximate surface area is 109 Å². The molecule has 8 nitrogen and oxygen atoms in total. The number of nitrogens with zero attached hydrogens (tertiary/aromatic N) is 2. The molecule has 0 bridgehead atoms. The van der Waals surface area contributed by atoms with Crippen LogP contribution in [0.15, 0.2) is 12.4 Å². The van der Waals surface area contributed by atoms with Crippen molar-refractivity contribution >= 4 is 17.9 Å². The topological polar surface area (TPSA) is 113 Å². The molecule has 0 atom stereocenters. The molecule has 8 heteroatoms. The standard InChI is InChI=1S/C11H16N4O4/c1-15-7-8(6-13-15)4-5-12-11(19)14-9(16)2-3-10(17)18/h6-7H,2-5H2,1H3,(H,17,18)(H2,12,14,16,19). The van der Waals surface area contributed by atoms with Gasteiger partial charge in [0.1, 0.15) is 0 Å². The molecule has 0 unspecified atom stereocenters. The van der Waals surface area contributed by atoms with Gasteiger partial charge in [0.25, 0.3) is 0 Å². The number of hydrogen-bond acceptors (Lipinski definition) is 4.